The van der Waals surface area contributed by atoms with Gasteiger partial charge >= 0.3 is 0 Å². The fourth-order valence-electron chi connectivity index (χ4n) is 3.93. The minimum atomic E-state index is -2.96. The fraction of sp³-hybridized carbons (Fsp3) is 0.632. The molecule has 1 atom stereocenters. The van der Waals surface area contributed by atoms with Gasteiger partial charge < -0.3 is 14.5 Å². The SMILES string of the molecule is Cc1cnn(CCC(=O)N2CC(F)(F)C[C@H]2Cn2cc(C(=O)N3CCOCC3)nn2)c1. The normalized spacial score (nSPS) is 20.9. The molecule has 4 heterocycles. The zero-order valence-electron chi connectivity index (χ0n) is 17.3. The van der Waals surface area contributed by atoms with Crippen LogP contribution in [0.15, 0.2) is 18.6 Å². The van der Waals surface area contributed by atoms with E-state index >= 15 is 0 Å². The van der Waals surface area contributed by atoms with Gasteiger partial charge in [0.05, 0.1) is 44.7 Å². The minimum Gasteiger partial charge on any atom is -0.378 e. The van der Waals surface area contributed by atoms with Gasteiger partial charge in [-0.05, 0) is 12.5 Å². The fourth-order valence-corrected chi connectivity index (χ4v) is 3.93. The number of alkyl halides is 2. The summed E-state index contributed by atoms with van der Waals surface area (Å²) in [7, 11) is 0. The standard InChI is InChI=1S/C19H25F2N7O3/c1-14-9-22-26(10-14)3-2-17(29)28-13-19(20,21)8-15(28)11-27-12-16(23-24-27)18(30)25-4-6-31-7-5-25/h9-10,12,15H,2-8,11,13H2,1H3/t15-/m0/s1. The van der Waals surface area contributed by atoms with Gasteiger partial charge in [-0.15, -0.1) is 5.10 Å². The molecule has 0 saturated carbocycles. The van der Waals surface area contributed by atoms with Crippen molar-refractivity contribution >= 4 is 11.8 Å². The first-order valence-electron chi connectivity index (χ1n) is 10.2. The third-order valence-corrected chi connectivity index (χ3v) is 5.47. The molecule has 12 heteroatoms. The summed E-state index contributed by atoms with van der Waals surface area (Å²) in [5.74, 6) is -3.59. The van der Waals surface area contributed by atoms with Crippen LogP contribution in [0.4, 0.5) is 8.78 Å². The van der Waals surface area contributed by atoms with Gasteiger partial charge in [0.1, 0.15) is 0 Å². The Balaban J connectivity index is 1.39. The van der Waals surface area contributed by atoms with E-state index in [1.165, 1.54) is 15.8 Å². The van der Waals surface area contributed by atoms with Crippen molar-refractivity contribution in [3.8, 4) is 0 Å². The van der Waals surface area contributed by atoms with E-state index in [0.29, 0.717) is 32.8 Å². The van der Waals surface area contributed by atoms with E-state index in [-0.39, 0.29) is 30.5 Å². The number of aromatic nitrogens is 5. The Hall–Kier alpha value is -2.89. The molecule has 0 aliphatic carbocycles. The zero-order valence-corrected chi connectivity index (χ0v) is 17.3. The molecule has 4 rings (SSSR count). The number of amides is 2. The molecular formula is C19H25F2N7O3. The van der Waals surface area contributed by atoms with E-state index in [1.807, 2.05) is 6.92 Å². The van der Waals surface area contributed by atoms with Crippen LogP contribution in [0.2, 0.25) is 0 Å². The number of carbonyl (C=O) groups is 2. The van der Waals surface area contributed by atoms with E-state index in [4.69, 9.17) is 4.74 Å². The molecule has 0 spiro atoms. The Bertz CT molecular complexity index is 939. The zero-order chi connectivity index (χ0) is 22.0. The molecule has 10 nitrogen and oxygen atoms in total. The molecule has 2 fully saturated rings. The number of ether oxygens (including phenoxy) is 1. The van der Waals surface area contributed by atoms with Crippen molar-refractivity contribution in [3.63, 3.8) is 0 Å². The van der Waals surface area contributed by atoms with Crippen molar-refractivity contribution in [1.29, 1.82) is 0 Å². The van der Waals surface area contributed by atoms with Crippen LogP contribution < -0.4 is 0 Å². The largest absolute Gasteiger partial charge is 0.378 e. The highest BCUT2D eigenvalue weighted by atomic mass is 19.3. The first-order chi connectivity index (χ1) is 14.8. The molecule has 0 N–H and O–H groups in total. The maximum atomic E-state index is 14.1. The van der Waals surface area contributed by atoms with Crippen LogP contribution >= 0.6 is 0 Å². The molecule has 2 saturated heterocycles. The van der Waals surface area contributed by atoms with Crippen LogP contribution in [0.5, 0.6) is 0 Å². The van der Waals surface area contributed by atoms with Crippen LogP contribution in [0.3, 0.4) is 0 Å². The van der Waals surface area contributed by atoms with Crippen molar-refractivity contribution in [3.05, 3.63) is 29.8 Å². The Morgan fingerprint density at radius 2 is 2.00 bits per heavy atom. The highest BCUT2D eigenvalue weighted by Crippen LogP contribution is 2.33. The van der Waals surface area contributed by atoms with Crippen LogP contribution in [0, 0.1) is 6.92 Å². The van der Waals surface area contributed by atoms with Gasteiger partial charge in [0.15, 0.2) is 5.69 Å². The molecular weight excluding hydrogens is 412 g/mol. The number of hydrogen-bond acceptors (Lipinski definition) is 6. The second-order valence-corrected chi connectivity index (χ2v) is 8.00. The molecule has 2 aromatic heterocycles. The molecule has 0 aromatic carbocycles. The third kappa shape index (κ3) is 5.06. The average Bonchev–Trinajstić information content (AvgIpc) is 3.45. The van der Waals surface area contributed by atoms with Crippen molar-refractivity contribution in [2.75, 3.05) is 32.8 Å². The van der Waals surface area contributed by atoms with Crippen LogP contribution in [-0.4, -0.2) is 91.2 Å². The van der Waals surface area contributed by atoms with Crippen molar-refractivity contribution < 1.29 is 23.1 Å². The van der Waals surface area contributed by atoms with E-state index in [9.17, 15) is 18.4 Å². The van der Waals surface area contributed by atoms with Crippen LogP contribution in [-0.2, 0) is 22.6 Å². The van der Waals surface area contributed by atoms with Crippen LogP contribution in [0.1, 0.15) is 28.9 Å². The number of rotatable bonds is 6. The smallest absolute Gasteiger partial charge is 0.276 e. The summed E-state index contributed by atoms with van der Waals surface area (Å²) < 4.78 is 36.5. The van der Waals surface area contributed by atoms with E-state index in [1.54, 1.807) is 22.0 Å². The first-order valence-corrected chi connectivity index (χ1v) is 10.2. The third-order valence-electron chi connectivity index (χ3n) is 5.47. The lowest BCUT2D eigenvalue weighted by Gasteiger charge is -2.25. The number of hydrogen-bond donors (Lipinski definition) is 0. The number of morpholine rings is 1. The minimum absolute atomic E-state index is 0.0472. The highest BCUT2D eigenvalue weighted by molar-refractivity contribution is 5.92. The predicted octanol–water partition coefficient (Wildman–Crippen LogP) is 0.582. The molecule has 31 heavy (non-hydrogen) atoms. The summed E-state index contributed by atoms with van der Waals surface area (Å²) in [5, 5.41) is 11.9. The molecule has 168 valence electrons. The molecule has 2 aliphatic heterocycles. The second-order valence-electron chi connectivity index (χ2n) is 8.00. The monoisotopic (exact) mass is 437 g/mol. The molecule has 2 amide bonds. The maximum Gasteiger partial charge on any atom is 0.276 e. The Kier molecular flexibility index (Phi) is 5.99. The van der Waals surface area contributed by atoms with Crippen molar-refractivity contribution in [2.24, 2.45) is 0 Å². The van der Waals surface area contributed by atoms with Gasteiger partial charge in [-0.2, -0.15) is 5.10 Å². The van der Waals surface area contributed by atoms with Gasteiger partial charge in [0.25, 0.3) is 11.8 Å². The number of carbonyl (C=O) groups excluding carboxylic acids is 2. The summed E-state index contributed by atoms with van der Waals surface area (Å²) in [6.07, 6.45) is 4.55. The summed E-state index contributed by atoms with van der Waals surface area (Å²) in [4.78, 5) is 28.0. The predicted molar refractivity (Wildman–Crippen MR) is 103 cm³/mol. The quantitative estimate of drug-likeness (QED) is 0.656. The molecule has 0 radical (unpaired) electrons. The molecule has 0 bridgehead atoms. The van der Waals surface area contributed by atoms with Crippen LogP contribution in [0.25, 0.3) is 0 Å². The summed E-state index contributed by atoms with van der Waals surface area (Å²) in [6, 6.07) is -0.727. The number of halogens is 2. The summed E-state index contributed by atoms with van der Waals surface area (Å²) in [5.41, 5.74) is 1.12. The van der Waals surface area contributed by atoms with Gasteiger partial charge in [-0.3, -0.25) is 14.3 Å². The average molecular weight is 437 g/mol. The second kappa shape index (κ2) is 8.69. The van der Waals surface area contributed by atoms with Crippen molar-refractivity contribution in [1.82, 2.24) is 34.6 Å². The molecule has 2 aliphatic rings. The lowest BCUT2D eigenvalue weighted by Crippen LogP contribution is -2.40. The van der Waals surface area contributed by atoms with E-state index in [0.717, 1.165) is 5.56 Å². The number of nitrogens with zero attached hydrogens (tertiary/aromatic N) is 7. The number of likely N-dealkylation sites (tertiary alicyclic amines) is 1. The topological polar surface area (TPSA) is 98.4 Å². The summed E-state index contributed by atoms with van der Waals surface area (Å²) in [6.45, 7) is 3.51. The Morgan fingerprint density at radius 1 is 1.23 bits per heavy atom. The number of aryl methyl sites for hydroxylation is 2. The van der Waals surface area contributed by atoms with Crippen molar-refractivity contribution in [2.45, 2.75) is 44.8 Å². The van der Waals surface area contributed by atoms with Gasteiger partial charge in [-0.25, -0.2) is 13.5 Å². The van der Waals surface area contributed by atoms with Gasteiger partial charge in [0.2, 0.25) is 5.91 Å². The Labute approximate surface area is 177 Å². The molecule has 2 aromatic rings. The lowest BCUT2D eigenvalue weighted by molar-refractivity contribution is -0.133. The maximum absolute atomic E-state index is 14.1. The van der Waals surface area contributed by atoms with E-state index < -0.39 is 24.9 Å². The van der Waals surface area contributed by atoms with E-state index in [2.05, 4.69) is 15.4 Å². The van der Waals surface area contributed by atoms with Gasteiger partial charge in [0, 0.05) is 38.7 Å². The highest BCUT2D eigenvalue weighted by Gasteiger charge is 2.47. The lowest BCUT2D eigenvalue weighted by atomic mass is 10.2. The van der Waals surface area contributed by atoms with Gasteiger partial charge in [-0.1, -0.05) is 5.21 Å². The molecule has 0 unspecified atom stereocenters. The first kappa shape index (κ1) is 21.3. The Morgan fingerprint density at radius 3 is 2.71 bits per heavy atom. The summed E-state index contributed by atoms with van der Waals surface area (Å²) >= 11 is 0.